The SMILES string of the molecule is CNC(=O)CN(C)C1CC(c2ccccc2)CCC1C#N. The largest absolute Gasteiger partial charge is 0.358 e. The lowest BCUT2D eigenvalue weighted by molar-refractivity contribution is -0.122. The van der Waals surface area contributed by atoms with E-state index >= 15 is 0 Å². The molecule has 1 aromatic rings. The Morgan fingerprint density at radius 1 is 1.38 bits per heavy atom. The van der Waals surface area contributed by atoms with E-state index in [9.17, 15) is 10.1 Å². The van der Waals surface area contributed by atoms with E-state index in [-0.39, 0.29) is 17.9 Å². The smallest absolute Gasteiger partial charge is 0.233 e. The maximum absolute atomic E-state index is 11.6. The van der Waals surface area contributed by atoms with Crippen molar-refractivity contribution in [2.24, 2.45) is 5.92 Å². The van der Waals surface area contributed by atoms with Crippen molar-refractivity contribution >= 4 is 5.91 Å². The molecule has 1 amide bonds. The van der Waals surface area contributed by atoms with Gasteiger partial charge in [0.2, 0.25) is 5.91 Å². The molecule has 1 fully saturated rings. The van der Waals surface area contributed by atoms with Crippen molar-refractivity contribution in [1.82, 2.24) is 10.2 Å². The van der Waals surface area contributed by atoms with Gasteiger partial charge < -0.3 is 5.32 Å². The topological polar surface area (TPSA) is 56.1 Å². The van der Waals surface area contributed by atoms with Crippen molar-refractivity contribution in [1.29, 1.82) is 5.26 Å². The average molecular weight is 285 g/mol. The summed E-state index contributed by atoms with van der Waals surface area (Å²) in [6.45, 7) is 0.348. The predicted molar refractivity (Wildman–Crippen MR) is 82.6 cm³/mol. The van der Waals surface area contributed by atoms with Crippen molar-refractivity contribution in [3.8, 4) is 6.07 Å². The number of carbonyl (C=O) groups excluding carboxylic acids is 1. The first-order valence-electron chi connectivity index (χ1n) is 7.51. The van der Waals surface area contributed by atoms with Crippen LogP contribution in [0.3, 0.4) is 0 Å². The minimum atomic E-state index is -0.00368. The summed E-state index contributed by atoms with van der Waals surface area (Å²) in [6, 6.07) is 13.0. The molecule has 1 aromatic carbocycles. The second-order valence-corrected chi connectivity index (χ2v) is 5.81. The van der Waals surface area contributed by atoms with Crippen LogP contribution in [0.4, 0.5) is 0 Å². The molecule has 0 saturated heterocycles. The summed E-state index contributed by atoms with van der Waals surface area (Å²) in [6.07, 6.45) is 2.89. The van der Waals surface area contributed by atoms with Gasteiger partial charge in [0.05, 0.1) is 18.5 Å². The molecule has 4 heteroatoms. The van der Waals surface area contributed by atoms with Crippen LogP contribution in [0.15, 0.2) is 30.3 Å². The molecule has 1 aliphatic rings. The Morgan fingerprint density at radius 3 is 2.71 bits per heavy atom. The van der Waals surface area contributed by atoms with Gasteiger partial charge in [0, 0.05) is 13.1 Å². The summed E-state index contributed by atoms with van der Waals surface area (Å²) in [7, 11) is 3.59. The first-order valence-corrected chi connectivity index (χ1v) is 7.51. The summed E-state index contributed by atoms with van der Waals surface area (Å²) < 4.78 is 0. The van der Waals surface area contributed by atoms with E-state index in [4.69, 9.17) is 0 Å². The maximum atomic E-state index is 11.6. The number of amides is 1. The number of nitriles is 1. The van der Waals surface area contributed by atoms with Crippen LogP contribution in [0.5, 0.6) is 0 Å². The van der Waals surface area contributed by atoms with Crippen LogP contribution in [-0.4, -0.2) is 37.5 Å². The Kier molecular flexibility index (Phi) is 5.35. The normalized spacial score (nSPS) is 25.3. The fourth-order valence-corrected chi connectivity index (χ4v) is 3.24. The molecular weight excluding hydrogens is 262 g/mol. The Labute approximate surface area is 126 Å². The molecule has 112 valence electrons. The lowest BCUT2D eigenvalue weighted by atomic mass is 9.75. The molecule has 1 N–H and O–H groups in total. The Hall–Kier alpha value is -1.86. The molecule has 1 aliphatic carbocycles. The molecule has 0 spiro atoms. The summed E-state index contributed by atoms with van der Waals surface area (Å²) in [4.78, 5) is 13.6. The standard InChI is InChI=1S/C17H23N3O/c1-19-17(21)12-20(2)16-10-14(8-9-15(16)11-18)13-6-4-3-5-7-13/h3-7,14-16H,8-10,12H2,1-2H3,(H,19,21). The van der Waals surface area contributed by atoms with Crippen molar-refractivity contribution in [2.75, 3.05) is 20.6 Å². The molecule has 4 nitrogen and oxygen atoms in total. The maximum Gasteiger partial charge on any atom is 0.233 e. The molecule has 21 heavy (non-hydrogen) atoms. The van der Waals surface area contributed by atoms with E-state index < -0.39 is 0 Å². The molecule has 0 bridgehead atoms. The van der Waals surface area contributed by atoms with Gasteiger partial charge in [0.25, 0.3) is 0 Å². The number of nitrogens with one attached hydrogen (secondary N) is 1. The van der Waals surface area contributed by atoms with Gasteiger partial charge in [0.15, 0.2) is 0 Å². The van der Waals surface area contributed by atoms with E-state index in [0.29, 0.717) is 12.5 Å². The van der Waals surface area contributed by atoms with Crippen LogP contribution in [0.25, 0.3) is 0 Å². The lowest BCUT2D eigenvalue weighted by Gasteiger charge is -2.38. The van der Waals surface area contributed by atoms with Crippen LogP contribution >= 0.6 is 0 Å². The van der Waals surface area contributed by atoms with Crippen LogP contribution in [0.1, 0.15) is 30.7 Å². The fourth-order valence-electron chi connectivity index (χ4n) is 3.24. The zero-order valence-corrected chi connectivity index (χ0v) is 12.7. The molecular formula is C17H23N3O. The van der Waals surface area contributed by atoms with Gasteiger partial charge in [-0.15, -0.1) is 0 Å². The van der Waals surface area contributed by atoms with Gasteiger partial charge in [-0.1, -0.05) is 30.3 Å². The Bertz CT molecular complexity index is 509. The molecule has 3 atom stereocenters. The van der Waals surface area contributed by atoms with Crippen molar-refractivity contribution in [2.45, 2.75) is 31.2 Å². The van der Waals surface area contributed by atoms with Gasteiger partial charge in [-0.3, -0.25) is 9.69 Å². The number of carbonyl (C=O) groups is 1. The molecule has 0 aliphatic heterocycles. The number of likely N-dealkylation sites (N-methyl/N-ethyl adjacent to an activating group) is 2. The van der Waals surface area contributed by atoms with Crippen LogP contribution in [-0.2, 0) is 4.79 Å². The second-order valence-electron chi connectivity index (χ2n) is 5.81. The van der Waals surface area contributed by atoms with Gasteiger partial charge in [-0.2, -0.15) is 5.26 Å². The fraction of sp³-hybridized carbons (Fsp3) is 0.529. The third-order valence-electron chi connectivity index (χ3n) is 4.49. The number of nitrogens with zero attached hydrogens (tertiary/aromatic N) is 2. The van der Waals surface area contributed by atoms with E-state index in [1.54, 1.807) is 7.05 Å². The predicted octanol–water partition coefficient (Wildman–Crippen LogP) is 2.14. The molecule has 0 aromatic heterocycles. The summed E-state index contributed by atoms with van der Waals surface area (Å²) in [5, 5.41) is 12.0. The monoisotopic (exact) mass is 285 g/mol. The molecule has 3 unspecified atom stereocenters. The third kappa shape index (κ3) is 3.83. The first kappa shape index (κ1) is 15.5. The summed E-state index contributed by atoms with van der Waals surface area (Å²) in [5.41, 5.74) is 1.34. The second kappa shape index (κ2) is 7.24. The minimum absolute atomic E-state index is 0.00368. The summed E-state index contributed by atoms with van der Waals surface area (Å²) >= 11 is 0. The Morgan fingerprint density at radius 2 is 2.10 bits per heavy atom. The molecule has 2 rings (SSSR count). The zero-order valence-electron chi connectivity index (χ0n) is 12.7. The van der Waals surface area contributed by atoms with Gasteiger partial charge in [-0.25, -0.2) is 0 Å². The van der Waals surface area contributed by atoms with Crippen LogP contribution in [0, 0.1) is 17.2 Å². The molecule has 0 heterocycles. The van der Waals surface area contributed by atoms with E-state index in [2.05, 4.69) is 35.7 Å². The van der Waals surface area contributed by atoms with Gasteiger partial charge in [-0.05, 0) is 37.8 Å². The first-order chi connectivity index (χ1) is 10.2. The highest BCUT2D eigenvalue weighted by Gasteiger charge is 2.34. The minimum Gasteiger partial charge on any atom is -0.358 e. The van der Waals surface area contributed by atoms with Gasteiger partial charge in [0.1, 0.15) is 0 Å². The highest BCUT2D eigenvalue weighted by atomic mass is 16.1. The molecule has 1 saturated carbocycles. The zero-order chi connectivity index (χ0) is 15.2. The highest BCUT2D eigenvalue weighted by molar-refractivity contribution is 5.77. The Balaban J connectivity index is 2.09. The summed E-state index contributed by atoms with van der Waals surface area (Å²) in [5.74, 6) is 0.489. The average Bonchev–Trinajstić information content (AvgIpc) is 2.54. The van der Waals surface area contributed by atoms with Gasteiger partial charge >= 0.3 is 0 Å². The van der Waals surface area contributed by atoms with E-state index in [1.807, 2.05) is 18.0 Å². The van der Waals surface area contributed by atoms with E-state index in [1.165, 1.54) is 5.56 Å². The number of hydrogen-bond donors (Lipinski definition) is 1. The lowest BCUT2D eigenvalue weighted by Crippen LogP contribution is -2.45. The molecule has 0 radical (unpaired) electrons. The van der Waals surface area contributed by atoms with Crippen molar-refractivity contribution in [3.05, 3.63) is 35.9 Å². The van der Waals surface area contributed by atoms with E-state index in [0.717, 1.165) is 19.3 Å². The van der Waals surface area contributed by atoms with Crippen LogP contribution in [0.2, 0.25) is 0 Å². The highest BCUT2D eigenvalue weighted by Crippen LogP contribution is 2.37. The number of benzene rings is 1. The van der Waals surface area contributed by atoms with Crippen molar-refractivity contribution < 1.29 is 4.79 Å². The van der Waals surface area contributed by atoms with Crippen molar-refractivity contribution in [3.63, 3.8) is 0 Å². The van der Waals surface area contributed by atoms with Crippen LogP contribution < -0.4 is 5.32 Å². The number of rotatable bonds is 4. The number of hydrogen-bond acceptors (Lipinski definition) is 3. The third-order valence-corrected chi connectivity index (χ3v) is 4.49. The quantitative estimate of drug-likeness (QED) is 0.922.